The highest BCUT2D eigenvalue weighted by atomic mass is 31.2. The summed E-state index contributed by atoms with van der Waals surface area (Å²) in [4.78, 5) is 0. The molecule has 2 fully saturated rings. The summed E-state index contributed by atoms with van der Waals surface area (Å²) in [7, 11) is -0.202. The third kappa shape index (κ3) is 9.91. The van der Waals surface area contributed by atoms with Gasteiger partial charge in [-0.15, -0.1) is 0 Å². The minimum atomic E-state index is -0.850. The van der Waals surface area contributed by atoms with E-state index in [2.05, 4.69) is 289 Å². The molecule has 0 amide bonds. The van der Waals surface area contributed by atoms with Crippen LogP contribution in [0.5, 0.6) is 0 Å². The zero-order chi connectivity index (χ0) is 50.8. The molecule has 2 saturated heterocycles. The maximum atomic E-state index is 3.00. The number of fused-ring (bicyclic) bond motifs is 1. The zero-order valence-electron chi connectivity index (χ0n) is 43.0. The highest BCUT2D eigenvalue weighted by molar-refractivity contribution is 7.80. The van der Waals surface area contributed by atoms with E-state index in [-0.39, 0.29) is 0 Å². The number of nitrogens with zero attached hydrogens (tertiary/aromatic N) is 2. The molecule has 372 valence electrons. The van der Waals surface area contributed by atoms with Gasteiger partial charge in [-0.3, -0.25) is 4.44 Å². The fraction of sp³-hybridized carbons (Fsp3) is 0.143. The molecule has 0 N–H and O–H groups in total. The molecule has 0 spiro atoms. The molecule has 2 nitrogen and oxygen atoms in total. The topological polar surface area (TPSA) is 6.48 Å². The van der Waals surface area contributed by atoms with Crippen molar-refractivity contribution in [3.8, 4) is 33.4 Å². The Hall–Kier alpha value is -6.16. The average molecular weight is 1060 g/mol. The molecule has 13 rings (SSSR count). The van der Waals surface area contributed by atoms with E-state index in [0.29, 0.717) is 22.6 Å². The van der Waals surface area contributed by atoms with Crippen LogP contribution in [0.2, 0.25) is 0 Å². The van der Waals surface area contributed by atoms with Crippen molar-refractivity contribution in [2.75, 3.05) is 7.05 Å². The monoisotopic (exact) mass is 1050 g/mol. The van der Waals surface area contributed by atoms with Crippen LogP contribution in [0.25, 0.3) is 33.4 Å². The molecule has 10 aromatic rings. The first-order chi connectivity index (χ1) is 37.6. The molecule has 2 unspecified atom stereocenters. The Kier molecular flexibility index (Phi) is 14.6. The smallest absolute Gasteiger partial charge is 0.0326 e. The molecular formula is C70H62N2P4. The van der Waals surface area contributed by atoms with E-state index < -0.39 is 32.3 Å². The second-order valence-corrected chi connectivity index (χ2v) is 30.6. The Bertz CT molecular complexity index is 3400. The molecular weight excluding hydrogens is 993 g/mol. The van der Waals surface area contributed by atoms with Gasteiger partial charge < -0.3 is 0 Å². The van der Waals surface area contributed by atoms with Crippen molar-refractivity contribution in [2.45, 2.75) is 54.9 Å². The van der Waals surface area contributed by atoms with E-state index in [4.69, 9.17) is 0 Å². The molecule has 0 aromatic heterocycles. The summed E-state index contributed by atoms with van der Waals surface area (Å²) in [5.74, 6) is 0. The van der Waals surface area contributed by atoms with E-state index in [1.165, 1.54) is 108 Å². The normalized spacial score (nSPS) is 20.2. The lowest BCUT2D eigenvalue weighted by Crippen LogP contribution is -2.24. The number of benzene rings is 10. The van der Waals surface area contributed by atoms with E-state index in [1.807, 2.05) is 0 Å². The molecule has 0 aliphatic carbocycles. The lowest BCUT2D eigenvalue weighted by molar-refractivity contribution is 0.711. The summed E-state index contributed by atoms with van der Waals surface area (Å²) in [6, 6.07) is 104. The van der Waals surface area contributed by atoms with Crippen LogP contribution >= 0.6 is 32.3 Å². The first kappa shape index (κ1) is 49.4. The highest BCUT2D eigenvalue weighted by Gasteiger charge is 2.47. The van der Waals surface area contributed by atoms with Gasteiger partial charge in [0, 0.05) is 45.3 Å². The van der Waals surface area contributed by atoms with E-state index in [0.717, 1.165) is 6.54 Å². The van der Waals surface area contributed by atoms with Crippen molar-refractivity contribution in [3.63, 3.8) is 0 Å². The van der Waals surface area contributed by atoms with Crippen molar-refractivity contribution in [3.05, 3.63) is 301 Å². The Labute approximate surface area is 455 Å². The predicted molar refractivity (Wildman–Crippen MR) is 330 cm³/mol. The van der Waals surface area contributed by atoms with Gasteiger partial charge in [0.25, 0.3) is 0 Å². The summed E-state index contributed by atoms with van der Waals surface area (Å²) in [6.45, 7) is 0.989. The van der Waals surface area contributed by atoms with Gasteiger partial charge in [0.15, 0.2) is 0 Å². The molecule has 3 heterocycles. The van der Waals surface area contributed by atoms with Crippen molar-refractivity contribution in [1.29, 1.82) is 0 Å². The zero-order valence-corrected chi connectivity index (χ0v) is 46.6. The van der Waals surface area contributed by atoms with Gasteiger partial charge in [-0.2, -0.15) is 0 Å². The molecule has 0 saturated carbocycles. The average Bonchev–Trinajstić information content (AvgIpc) is 4.26. The first-order valence-corrected chi connectivity index (χ1v) is 32.5. The third-order valence-corrected chi connectivity index (χ3v) is 28.9. The molecule has 76 heavy (non-hydrogen) atoms. The fourth-order valence-electron chi connectivity index (χ4n) is 12.4. The molecule has 0 bridgehead atoms. The van der Waals surface area contributed by atoms with Gasteiger partial charge >= 0.3 is 0 Å². The summed E-state index contributed by atoms with van der Waals surface area (Å²) in [6.07, 6.45) is 4.87. The summed E-state index contributed by atoms with van der Waals surface area (Å²) in [5.41, 5.74) is 17.1. The Balaban J connectivity index is 0.809. The minimum absolute atomic E-state index is 0.501. The van der Waals surface area contributed by atoms with Crippen molar-refractivity contribution < 1.29 is 0 Å². The van der Waals surface area contributed by atoms with Crippen LogP contribution in [0.15, 0.2) is 273 Å². The Morgan fingerprint density at radius 1 is 0.368 bits per heavy atom. The quantitative estimate of drug-likeness (QED) is 0.106. The van der Waals surface area contributed by atoms with E-state index >= 15 is 0 Å². The lowest BCUT2D eigenvalue weighted by Gasteiger charge is -2.40. The maximum absolute atomic E-state index is 3.00. The lowest BCUT2D eigenvalue weighted by atomic mass is 9.99. The molecule has 3 aliphatic rings. The van der Waals surface area contributed by atoms with Crippen molar-refractivity contribution in [2.24, 2.45) is 0 Å². The van der Waals surface area contributed by atoms with Crippen LogP contribution < -0.4 is 21.2 Å². The van der Waals surface area contributed by atoms with Gasteiger partial charge in [-0.25, -0.2) is 4.44 Å². The second-order valence-electron chi connectivity index (χ2n) is 20.5. The predicted octanol–water partition coefficient (Wildman–Crippen LogP) is 18.5. The van der Waals surface area contributed by atoms with Crippen molar-refractivity contribution in [1.82, 2.24) is 8.88 Å². The molecule has 0 radical (unpaired) electrons. The van der Waals surface area contributed by atoms with E-state index in [9.17, 15) is 0 Å². The van der Waals surface area contributed by atoms with Crippen LogP contribution in [0, 0.1) is 0 Å². The Morgan fingerprint density at radius 2 is 0.711 bits per heavy atom. The highest BCUT2D eigenvalue weighted by Crippen LogP contribution is 2.78. The van der Waals surface area contributed by atoms with E-state index in [1.54, 1.807) is 0 Å². The number of hydrogen-bond acceptors (Lipinski definition) is 2. The van der Waals surface area contributed by atoms with Gasteiger partial charge in [0.05, 0.1) is 0 Å². The standard InChI is InChI=1S/C70H62N2P4/c1-71(75-66(57-22-10-3-11-23-57)46-47-67(75)58-24-12-4-13-25-58)73(64-41-36-54(37-42-64)52-20-8-2-9-21-52)65-43-38-55(39-44-65)53-32-34-56(35-33-53)61-40-45-70-62(50-61)51-72(74(70)63-30-18-7-19-31-63)76-68(59-26-14-5-15-27-59)48-49-69(76)60-28-16-6-17-29-60/h2-45,50,66-69H,46-49,51H2,1H3/t66-,67-,68-,69-,73?,74?/m0/s1. The maximum Gasteiger partial charge on any atom is 0.0326 e. The SMILES string of the molecule is CN(P(c1ccc(-c2ccccc2)cc1)c1ccc(-c2ccc(-c3ccc4c(c3)CN(P3[C@H](c5ccccc5)CC[C@H]3c3ccccc3)P4c3ccccc3)cc2)cc1)P1[C@H](c2ccccc2)CC[C@H]1c1ccccc1. The molecule has 6 heteroatoms. The van der Waals surface area contributed by atoms with Crippen LogP contribution in [0.4, 0.5) is 0 Å². The van der Waals surface area contributed by atoms with Gasteiger partial charge in [-0.1, -0.05) is 267 Å². The first-order valence-electron chi connectivity index (χ1n) is 27.0. The largest absolute Gasteiger partial charge is 0.254 e. The van der Waals surface area contributed by atoms with Crippen LogP contribution in [0.1, 0.15) is 76.1 Å². The van der Waals surface area contributed by atoms with Gasteiger partial charge in [0.2, 0.25) is 0 Å². The Morgan fingerprint density at radius 3 is 1.16 bits per heavy atom. The number of rotatable bonds is 13. The summed E-state index contributed by atoms with van der Waals surface area (Å²) >= 11 is 0. The molecule has 3 aliphatic heterocycles. The number of hydrogen-bond donors (Lipinski definition) is 0. The second kappa shape index (κ2) is 22.4. The minimum Gasteiger partial charge on any atom is -0.254 e. The third-order valence-electron chi connectivity index (χ3n) is 16.1. The molecule has 6 atom stereocenters. The van der Waals surface area contributed by atoms with Crippen LogP contribution in [-0.2, 0) is 6.54 Å². The van der Waals surface area contributed by atoms with Crippen LogP contribution in [-0.4, -0.2) is 15.9 Å². The van der Waals surface area contributed by atoms with Gasteiger partial charge in [0.1, 0.15) is 0 Å². The fourth-order valence-corrected chi connectivity index (χ4v) is 27.0. The van der Waals surface area contributed by atoms with Gasteiger partial charge in [-0.05, 0) is 137 Å². The summed E-state index contributed by atoms with van der Waals surface area (Å²) in [5, 5.41) is 5.77. The van der Waals surface area contributed by atoms with Crippen LogP contribution in [0.3, 0.4) is 0 Å². The summed E-state index contributed by atoms with van der Waals surface area (Å²) < 4.78 is 5.86. The molecule has 10 aromatic carbocycles. The van der Waals surface area contributed by atoms with Crippen molar-refractivity contribution >= 4 is 53.5 Å².